The van der Waals surface area contributed by atoms with Gasteiger partial charge in [-0.2, -0.15) is 14.6 Å². The minimum Gasteiger partial charge on any atom is -0.268 e. The Balaban J connectivity index is 2.69. The zero-order valence-corrected chi connectivity index (χ0v) is 9.31. The number of rotatable bonds is 1. The maximum absolute atomic E-state index is 12.1. The zero-order valence-electron chi connectivity index (χ0n) is 8.49. The molecule has 16 heavy (non-hydrogen) atoms. The molecule has 80 valence electrons. The molecule has 0 aliphatic heterocycles. The molecular weight excluding hydrogens is 224 g/mol. The summed E-state index contributed by atoms with van der Waals surface area (Å²) in [7, 11) is 0. The average Bonchev–Trinajstić information content (AvgIpc) is 2.79. The summed E-state index contributed by atoms with van der Waals surface area (Å²) in [6.07, 6.45) is 3.29. The van der Waals surface area contributed by atoms with Gasteiger partial charge < -0.3 is 0 Å². The van der Waals surface area contributed by atoms with Gasteiger partial charge >= 0.3 is 0 Å². The summed E-state index contributed by atoms with van der Waals surface area (Å²) in [5, 5.41) is 4.78. The van der Waals surface area contributed by atoms with Crippen LogP contribution in [0.25, 0.3) is 16.7 Å². The molecular formula is C10H8N4OS. The third kappa shape index (κ3) is 1.10. The minimum absolute atomic E-state index is 0.0522. The number of hydrogen-bond acceptors (Lipinski definition) is 4. The molecule has 0 aliphatic carbocycles. The van der Waals surface area contributed by atoms with E-state index in [1.807, 2.05) is 24.5 Å². The molecule has 0 saturated heterocycles. The van der Waals surface area contributed by atoms with Crippen LogP contribution >= 0.6 is 11.9 Å². The number of aromatic nitrogens is 4. The Labute approximate surface area is 94.9 Å². The van der Waals surface area contributed by atoms with Gasteiger partial charge in [-0.05, 0) is 24.1 Å². The minimum atomic E-state index is -0.0522. The molecule has 2 aromatic heterocycles. The number of fused-ring (bicyclic) bond motifs is 3. The molecule has 0 spiro atoms. The van der Waals surface area contributed by atoms with Crippen molar-refractivity contribution in [1.82, 2.24) is 18.6 Å². The van der Waals surface area contributed by atoms with E-state index in [0.29, 0.717) is 11.2 Å². The first-order valence-corrected chi connectivity index (χ1v) is 5.89. The second kappa shape index (κ2) is 3.34. The Hall–Kier alpha value is -1.82. The van der Waals surface area contributed by atoms with Crippen molar-refractivity contribution in [3.8, 4) is 0 Å². The van der Waals surface area contributed by atoms with E-state index in [-0.39, 0.29) is 5.56 Å². The third-order valence-corrected chi connectivity index (χ3v) is 3.14. The summed E-state index contributed by atoms with van der Waals surface area (Å²) < 4.78 is 3.21. The lowest BCUT2D eigenvalue weighted by atomic mass is 10.2. The summed E-state index contributed by atoms with van der Waals surface area (Å²) in [5.74, 6) is 0.552. The lowest BCUT2D eigenvalue weighted by Crippen LogP contribution is -2.18. The van der Waals surface area contributed by atoms with E-state index < -0.39 is 0 Å². The zero-order chi connectivity index (χ0) is 11.1. The number of para-hydroxylation sites is 1. The van der Waals surface area contributed by atoms with Crippen molar-refractivity contribution in [2.24, 2.45) is 0 Å². The van der Waals surface area contributed by atoms with Crippen LogP contribution in [0.1, 0.15) is 0 Å². The Morgan fingerprint density at radius 2 is 2.12 bits per heavy atom. The van der Waals surface area contributed by atoms with Crippen molar-refractivity contribution in [2.75, 3.05) is 6.26 Å². The molecule has 1 aromatic carbocycles. The van der Waals surface area contributed by atoms with Crippen LogP contribution < -0.4 is 5.56 Å². The van der Waals surface area contributed by atoms with Crippen LogP contribution in [0.4, 0.5) is 0 Å². The van der Waals surface area contributed by atoms with Crippen molar-refractivity contribution < 1.29 is 0 Å². The molecule has 0 atom stereocenters. The van der Waals surface area contributed by atoms with Crippen molar-refractivity contribution in [1.29, 1.82) is 0 Å². The summed E-state index contributed by atoms with van der Waals surface area (Å²) in [5.41, 5.74) is 0.730. The molecule has 0 fully saturated rings. The van der Waals surface area contributed by atoms with Gasteiger partial charge in [-0.3, -0.25) is 4.79 Å². The third-order valence-electron chi connectivity index (χ3n) is 2.44. The molecule has 5 nitrogen and oxygen atoms in total. The molecule has 2 heterocycles. The van der Waals surface area contributed by atoms with Crippen molar-refractivity contribution in [3.63, 3.8) is 0 Å². The van der Waals surface area contributed by atoms with Crippen LogP contribution in [-0.4, -0.2) is 24.8 Å². The SMILES string of the molecule is CSn1c(=O)c2ccccc2n2ncnc12. The van der Waals surface area contributed by atoms with Crippen molar-refractivity contribution in [2.45, 2.75) is 0 Å². The van der Waals surface area contributed by atoms with Crippen LogP contribution in [0.5, 0.6) is 0 Å². The van der Waals surface area contributed by atoms with Gasteiger partial charge in [0.1, 0.15) is 6.33 Å². The highest BCUT2D eigenvalue weighted by Gasteiger charge is 2.10. The van der Waals surface area contributed by atoms with Crippen LogP contribution in [0.15, 0.2) is 35.4 Å². The second-order valence-electron chi connectivity index (χ2n) is 3.27. The Kier molecular flexibility index (Phi) is 1.97. The number of hydrogen-bond donors (Lipinski definition) is 0. The van der Waals surface area contributed by atoms with E-state index in [0.717, 1.165) is 5.52 Å². The maximum Gasteiger partial charge on any atom is 0.273 e. The van der Waals surface area contributed by atoms with Crippen LogP contribution in [0, 0.1) is 0 Å². The first-order valence-electron chi connectivity index (χ1n) is 4.71. The van der Waals surface area contributed by atoms with Gasteiger partial charge in [-0.25, -0.2) is 3.97 Å². The molecule has 0 radical (unpaired) electrons. The molecule has 0 bridgehead atoms. The van der Waals surface area contributed by atoms with Crippen LogP contribution in [0.2, 0.25) is 0 Å². The van der Waals surface area contributed by atoms with E-state index in [1.54, 1.807) is 10.6 Å². The largest absolute Gasteiger partial charge is 0.273 e. The first kappa shape index (κ1) is 9.41. The monoisotopic (exact) mass is 232 g/mol. The van der Waals surface area contributed by atoms with Gasteiger partial charge in [-0.15, -0.1) is 0 Å². The normalized spacial score (nSPS) is 11.3. The van der Waals surface area contributed by atoms with E-state index in [9.17, 15) is 4.79 Å². The van der Waals surface area contributed by atoms with E-state index in [4.69, 9.17) is 0 Å². The molecule has 0 aliphatic rings. The summed E-state index contributed by atoms with van der Waals surface area (Å²) >= 11 is 1.33. The van der Waals surface area contributed by atoms with Gasteiger partial charge in [-0.1, -0.05) is 12.1 Å². The molecule has 0 N–H and O–H groups in total. The smallest absolute Gasteiger partial charge is 0.268 e. The van der Waals surface area contributed by atoms with Gasteiger partial charge in [0.25, 0.3) is 5.56 Å². The second-order valence-corrected chi connectivity index (χ2v) is 4.00. The Morgan fingerprint density at radius 1 is 1.31 bits per heavy atom. The fraction of sp³-hybridized carbons (Fsp3) is 0.100. The summed E-state index contributed by atoms with van der Waals surface area (Å²) in [6.45, 7) is 0. The van der Waals surface area contributed by atoms with Gasteiger partial charge in [0.15, 0.2) is 0 Å². The lowest BCUT2D eigenvalue weighted by Gasteiger charge is -2.05. The topological polar surface area (TPSA) is 52.2 Å². The van der Waals surface area contributed by atoms with Crippen molar-refractivity contribution in [3.05, 3.63) is 40.9 Å². The highest BCUT2D eigenvalue weighted by atomic mass is 32.2. The Morgan fingerprint density at radius 3 is 2.94 bits per heavy atom. The first-order chi connectivity index (χ1) is 7.83. The predicted octanol–water partition coefficient (Wildman–Crippen LogP) is 1.17. The number of nitrogens with zero attached hydrogens (tertiary/aromatic N) is 4. The molecule has 3 aromatic rings. The molecule has 6 heteroatoms. The fourth-order valence-electron chi connectivity index (χ4n) is 1.75. The fourth-order valence-corrected chi connectivity index (χ4v) is 2.30. The summed E-state index contributed by atoms with van der Waals surface area (Å²) in [4.78, 5) is 16.2. The van der Waals surface area contributed by atoms with E-state index in [2.05, 4.69) is 10.1 Å². The molecule has 0 saturated carbocycles. The van der Waals surface area contributed by atoms with Gasteiger partial charge in [0, 0.05) is 6.26 Å². The number of benzene rings is 1. The van der Waals surface area contributed by atoms with E-state index >= 15 is 0 Å². The van der Waals surface area contributed by atoms with Gasteiger partial charge in [0.05, 0.1) is 10.9 Å². The van der Waals surface area contributed by atoms with Crippen LogP contribution in [0.3, 0.4) is 0 Å². The van der Waals surface area contributed by atoms with E-state index in [1.165, 1.54) is 22.2 Å². The molecule has 0 amide bonds. The standard InChI is InChI=1S/C10H8N4OS/c1-16-14-9(15)7-4-2-3-5-8(7)13-10(14)11-6-12-13/h2-6H,1H3. The Bertz CT molecular complexity index is 730. The molecule has 0 unspecified atom stereocenters. The van der Waals surface area contributed by atoms with Crippen molar-refractivity contribution >= 4 is 28.6 Å². The lowest BCUT2D eigenvalue weighted by molar-refractivity contribution is 0.963. The average molecular weight is 232 g/mol. The summed E-state index contributed by atoms with van der Waals surface area (Å²) in [6, 6.07) is 7.39. The quantitative estimate of drug-likeness (QED) is 0.632. The van der Waals surface area contributed by atoms with Crippen LogP contribution in [-0.2, 0) is 0 Å². The maximum atomic E-state index is 12.1. The highest BCUT2D eigenvalue weighted by Crippen LogP contribution is 2.13. The van der Waals surface area contributed by atoms with Gasteiger partial charge in [0.2, 0.25) is 5.78 Å². The highest BCUT2D eigenvalue weighted by molar-refractivity contribution is 7.97. The molecule has 3 rings (SSSR count). The predicted molar refractivity (Wildman–Crippen MR) is 63.7 cm³/mol.